The third-order valence-electron chi connectivity index (χ3n) is 3.83. The molecule has 0 spiro atoms. The first-order chi connectivity index (χ1) is 11.3. The lowest BCUT2D eigenvalue weighted by molar-refractivity contribution is 0.477. The van der Waals surface area contributed by atoms with Crippen molar-refractivity contribution in [3.63, 3.8) is 0 Å². The second-order valence-corrected chi connectivity index (χ2v) is 7.04. The van der Waals surface area contributed by atoms with Crippen molar-refractivity contribution in [2.24, 2.45) is 22.9 Å². The molecule has 2 unspecified atom stereocenters. The second-order valence-electron chi connectivity index (χ2n) is 7.04. The average molecular weight is 329 g/mol. The highest BCUT2D eigenvalue weighted by Gasteiger charge is 2.16. The third-order valence-corrected chi connectivity index (χ3v) is 3.83. The molecule has 0 aliphatic rings. The van der Waals surface area contributed by atoms with Crippen LogP contribution < -0.4 is 22.9 Å². The summed E-state index contributed by atoms with van der Waals surface area (Å²) in [5.74, 6) is 0. The Morgan fingerprint density at radius 1 is 0.625 bits per heavy atom. The number of rotatable bonds is 6. The first-order valence-corrected chi connectivity index (χ1v) is 8.34. The van der Waals surface area contributed by atoms with Crippen LogP contribution in [-0.2, 0) is 12.8 Å². The Hall–Kier alpha value is -1.72. The van der Waals surface area contributed by atoms with Crippen molar-refractivity contribution in [1.82, 2.24) is 0 Å². The molecular formula is C20H32N4. The van der Waals surface area contributed by atoms with Crippen molar-refractivity contribution in [3.05, 3.63) is 71.8 Å². The predicted molar refractivity (Wildman–Crippen MR) is 104 cm³/mol. The zero-order chi connectivity index (χ0) is 18.1. The number of benzene rings is 2. The second kappa shape index (κ2) is 9.55. The Balaban J connectivity index is 0.000000240. The van der Waals surface area contributed by atoms with Gasteiger partial charge in [-0.15, -0.1) is 0 Å². The molecule has 132 valence electrons. The van der Waals surface area contributed by atoms with Crippen LogP contribution >= 0.6 is 0 Å². The van der Waals surface area contributed by atoms with Gasteiger partial charge in [-0.25, -0.2) is 0 Å². The molecule has 0 amide bonds. The van der Waals surface area contributed by atoms with Gasteiger partial charge < -0.3 is 22.9 Å². The van der Waals surface area contributed by atoms with Gasteiger partial charge in [0.2, 0.25) is 0 Å². The fourth-order valence-corrected chi connectivity index (χ4v) is 2.27. The van der Waals surface area contributed by atoms with E-state index in [1.807, 2.05) is 50.2 Å². The van der Waals surface area contributed by atoms with E-state index in [4.69, 9.17) is 22.9 Å². The molecule has 2 rings (SSSR count). The predicted octanol–water partition coefficient (Wildman–Crippen LogP) is 1.81. The van der Waals surface area contributed by atoms with Gasteiger partial charge in [0.1, 0.15) is 0 Å². The van der Waals surface area contributed by atoms with E-state index in [1.165, 1.54) is 11.1 Å². The van der Waals surface area contributed by atoms with E-state index in [-0.39, 0.29) is 11.1 Å². The van der Waals surface area contributed by atoms with E-state index < -0.39 is 0 Å². The molecule has 4 heteroatoms. The Labute approximate surface area is 146 Å². The number of hydrogen-bond acceptors (Lipinski definition) is 4. The maximum absolute atomic E-state index is 5.92. The first-order valence-electron chi connectivity index (χ1n) is 8.34. The Morgan fingerprint density at radius 2 is 0.917 bits per heavy atom. The number of hydrogen-bond donors (Lipinski definition) is 4. The topological polar surface area (TPSA) is 104 Å². The summed E-state index contributed by atoms with van der Waals surface area (Å²) in [5.41, 5.74) is 24.8. The Bertz CT molecular complexity index is 511. The smallest absolute Gasteiger partial charge is 0.0290 e. The van der Waals surface area contributed by atoms with Crippen molar-refractivity contribution in [1.29, 1.82) is 0 Å². The maximum atomic E-state index is 5.92. The molecule has 0 saturated carbocycles. The van der Waals surface area contributed by atoms with Crippen molar-refractivity contribution < 1.29 is 0 Å². The zero-order valence-electron chi connectivity index (χ0n) is 14.9. The van der Waals surface area contributed by atoms with Gasteiger partial charge in [0.15, 0.2) is 0 Å². The van der Waals surface area contributed by atoms with E-state index in [9.17, 15) is 0 Å². The van der Waals surface area contributed by atoms with Crippen LogP contribution in [0.15, 0.2) is 60.7 Å². The van der Waals surface area contributed by atoms with Gasteiger partial charge >= 0.3 is 0 Å². The summed E-state index contributed by atoms with van der Waals surface area (Å²) in [5, 5.41) is 0. The van der Waals surface area contributed by atoms with Crippen LogP contribution in [0.2, 0.25) is 0 Å². The van der Waals surface area contributed by atoms with E-state index >= 15 is 0 Å². The molecular weight excluding hydrogens is 296 g/mol. The molecule has 24 heavy (non-hydrogen) atoms. The lowest BCUT2D eigenvalue weighted by atomic mass is 9.94. The summed E-state index contributed by atoms with van der Waals surface area (Å²) < 4.78 is 0. The van der Waals surface area contributed by atoms with Crippen LogP contribution in [0.5, 0.6) is 0 Å². The fourth-order valence-electron chi connectivity index (χ4n) is 2.27. The minimum Gasteiger partial charge on any atom is -0.329 e. The number of nitrogens with two attached hydrogens (primary N) is 4. The minimum atomic E-state index is -0.276. The van der Waals surface area contributed by atoms with Crippen LogP contribution in [0.25, 0.3) is 0 Å². The van der Waals surface area contributed by atoms with Crippen LogP contribution in [-0.4, -0.2) is 24.2 Å². The zero-order valence-corrected chi connectivity index (χ0v) is 14.9. The summed E-state index contributed by atoms with van der Waals surface area (Å²) in [7, 11) is 0. The monoisotopic (exact) mass is 328 g/mol. The molecule has 0 heterocycles. The standard InChI is InChI=1S/2C10H16N2/c2*1-10(12,8-11)7-9-5-3-2-4-6-9/h2*2-6H,7-8,11-12H2,1H3. The molecule has 0 bridgehead atoms. The summed E-state index contributed by atoms with van der Waals surface area (Å²) in [6.07, 6.45) is 1.68. The highest BCUT2D eigenvalue weighted by atomic mass is 14.8. The van der Waals surface area contributed by atoms with Crippen molar-refractivity contribution in [2.75, 3.05) is 13.1 Å². The third kappa shape index (κ3) is 8.22. The van der Waals surface area contributed by atoms with Gasteiger partial charge in [0, 0.05) is 24.2 Å². The van der Waals surface area contributed by atoms with Crippen molar-refractivity contribution in [2.45, 2.75) is 37.8 Å². The molecule has 2 atom stereocenters. The normalized spacial score (nSPS) is 15.6. The van der Waals surface area contributed by atoms with Gasteiger partial charge in [0.25, 0.3) is 0 Å². The van der Waals surface area contributed by atoms with Gasteiger partial charge in [0.05, 0.1) is 0 Å². The minimum absolute atomic E-state index is 0.276. The SMILES string of the molecule is CC(N)(CN)Cc1ccccc1.CC(N)(CN)Cc1ccccc1. The van der Waals surface area contributed by atoms with Crippen molar-refractivity contribution in [3.8, 4) is 0 Å². The van der Waals surface area contributed by atoms with E-state index in [1.54, 1.807) is 0 Å². The molecule has 0 fully saturated rings. The summed E-state index contributed by atoms with van der Waals surface area (Å²) >= 11 is 0. The Morgan fingerprint density at radius 3 is 1.17 bits per heavy atom. The lowest BCUT2D eigenvalue weighted by Crippen LogP contribution is -2.45. The summed E-state index contributed by atoms with van der Waals surface area (Å²) in [6.45, 7) is 4.98. The molecule has 8 N–H and O–H groups in total. The van der Waals surface area contributed by atoms with Crippen LogP contribution in [0.3, 0.4) is 0 Å². The van der Waals surface area contributed by atoms with Gasteiger partial charge in [-0.2, -0.15) is 0 Å². The van der Waals surface area contributed by atoms with Crippen molar-refractivity contribution >= 4 is 0 Å². The highest BCUT2D eigenvalue weighted by Crippen LogP contribution is 2.09. The molecule has 0 aromatic heterocycles. The van der Waals surface area contributed by atoms with Gasteiger partial charge in [-0.1, -0.05) is 60.7 Å². The largest absolute Gasteiger partial charge is 0.329 e. The summed E-state index contributed by atoms with van der Waals surface area (Å²) in [4.78, 5) is 0. The Kier molecular flexibility index (Phi) is 8.08. The maximum Gasteiger partial charge on any atom is 0.0290 e. The molecule has 0 aliphatic carbocycles. The first kappa shape index (κ1) is 20.3. The van der Waals surface area contributed by atoms with Gasteiger partial charge in [-0.3, -0.25) is 0 Å². The van der Waals surface area contributed by atoms with Gasteiger partial charge in [-0.05, 0) is 37.8 Å². The molecule has 2 aromatic rings. The molecule has 0 saturated heterocycles. The lowest BCUT2D eigenvalue weighted by Gasteiger charge is -2.22. The molecule has 4 nitrogen and oxygen atoms in total. The van der Waals surface area contributed by atoms with Crippen LogP contribution in [0, 0.1) is 0 Å². The molecule has 0 radical (unpaired) electrons. The summed E-state index contributed by atoms with van der Waals surface area (Å²) in [6, 6.07) is 20.3. The van der Waals surface area contributed by atoms with E-state index in [2.05, 4.69) is 24.3 Å². The highest BCUT2D eigenvalue weighted by molar-refractivity contribution is 5.18. The van der Waals surface area contributed by atoms with Crippen LogP contribution in [0.1, 0.15) is 25.0 Å². The fraction of sp³-hybridized carbons (Fsp3) is 0.400. The van der Waals surface area contributed by atoms with E-state index in [0.29, 0.717) is 13.1 Å². The van der Waals surface area contributed by atoms with Crippen LogP contribution in [0.4, 0.5) is 0 Å². The average Bonchev–Trinajstić information content (AvgIpc) is 2.57. The molecule has 0 aliphatic heterocycles. The molecule has 2 aromatic carbocycles. The van der Waals surface area contributed by atoms with E-state index in [0.717, 1.165) is 12.8 Å². The quantitative estimate of drug-likeness (QED) is 0.649.